The van der Waals surface area contributed by atoms with Crippen LogP contribution in [0.25, 0.3) is 0 Å². The first kappa shape index (κ1) is 23.4. The lowest BCUT2D eigenvalue weighted by Crippen LogP contribution is -2.18. The first-order valence-electron chi connectivity index (χ1n) is 10.2. The van der Waals surface area contributed by atoms with Crippen molar-refractivity contribution in [3.05, 3.63) is 99.0 Å². The Balaban J connectivity index is 1.72. The standard InChI is InChI=1S/C26H25BrN2O3/c1-17-6-5-7-19(14-17)25(31)32-23-13-12-22(27)15-20(23)16-28-29-24(30)18-8-10-21(11-9-18)26(2,3)4/h5-16H,1-4H3,(H,29,30)/b28-16-. The van der Waals surface area contributed by atoms with Crippen molar-refractivity contribution in [2.75, 3.05) is 0 Å². The Morgan fingerprint density at radius 1 is 0.969 bits per heavy atom. The van der Waals surface area contributed by atoms with Crippen molar-refractivity contribution < 1.29 is 14.3 Å². The third-order valence-electron chi connectivity index (χ3n) is 4.81. The van der Waals surface area contributed by atoms with Gasteiger partial charge in [-0.3, -0.25) is 4.79 Å². The molecule has 0 atom stereocenters. The SMILES string of the molecule is Cc1cccc(C(=O)Oc2ccc(Br)cc2/C=N\NC(=O)c2ccc(C(C)(C)C)cc2)c1. The molecular formula is C26H25BrN2O3. The Kier molecular flexibility index (Phi) is 7.26. The van der Waals surface area contributed by atoms with E-state index in [0.717, 1.165) is 15.6 Å². The van der Waals surface area contributed by atoms with Crippen LogP contribution in [0.5, 0.6) is 5.75 Å². The summed E-state index contributed by atoms with van der Waals surface area (Å²) in [5.41, 5.74) is 6.16. The summed E-state index contributed by atoms with van der Waals surface area (Å²) in [7, 11) is 0. The highest BCUT2D eigenvalue weighted by Gasteiger charge is 2.14. The van der Waals surface area contributed by atoms with Crippen LogP contribution in [-0.2, 0) is 5.41 Å². The second kappa shape index (κ2) is 9.92. The maximum absolute atomic E-state index is 12.5. The van der Waals surface area contributed by atoms with Crippen LogP contribution in [0.4, 0.5) is 0 Å². The minimum absolute atomic E-state index is 0.0140. The van der Waals surface area contributed by atoms with E-state index in [0.29, 0.717) is 22.4 Å². The molecule has 0 fully saturated rings. The molecule has 0 saturated heterocycles. The predicted molar refractivity (Wildman–Crippen MR) is 130 cm³/mol. The van der Waals surface area contributed by atoms with E-state index in [1.807, 2.05) is 25.1 Å². The van der Waals surface area contributed by atoms with Gasteiger partial charge < -0.3 is 4.74 Å². The Labute approximate surface area is 196 Å². The van der Waals surface area contributed by atoms with Gasteiger partial charge in [0.25, 0.3) is 5.91 Å². The molecule has 164 valence electrons. The molecule has 1 amide bonds. The van der Waals surface area contributed by atoms with Gasteiger partial charge in [-0.05, 0) is 60.4 Å². The normalized spacial score (nSPS) is 11.4. The summed E-state index contributed by atoms with van der Waals surface area (Å²) in [6, 6.07) is 19.8. The number of esters is 1. The van der Waals surface area contributed by atoms with E-state index in [4.69, 9.17) is 4.74 Å². The fraction of sp³-hybridized carbons (Fsp3) is 0.192. The van der Waals surface area contributed by atoms with E-state index in [-0.39, 0.29) is 11.3 Å². The minimum Gasteiger partial charge on any atom is -0.422 e. The second-order valence-corrected chi connectivity index (χ2v) is 9.38. The number of hydrogen-bond donors (Lipinski definition) is 1. The molecule has 0 aromatic heterocycles. The zero-order valence-electron chi connectivity index (χ0n) is 18.5. The van der Waals surface area contributed by atoms with Gasteiger partial charge in [0.15, 0.2) is 0 Å². The molecule has 5 nitrogen and oxygen atoms in total. The summed E-state index contributed by atoms with van der Waals surface area (Å²) in [6.07, 6.45) is 1.45. The summed E-state index contributed by atoms with van der Waals surface area (Å²) in [6.45, 7) is 8.27. The summed E-state index contributed by atoms with van der Waals surface area (Å²) in [4.78, 5) is 24.9. The lowest BCUT2D eigenvalue weighted by atomic mass is 9.87. The van der Waals surface area contributed by atoms with Crippen LogP contribution in [0.2, 0.25) is 0 Å². The largest absolute Gasteiger partial charge is 0.422 e. The first-order chi connectivity index (χ1) is 15.1. The highest BCUT2D eigenvalue weighted by molar-refractivity contribution is 9.10. The summed E-state index contributed by atoms with van der Waals surface area (Å²) < 4.78 is 6.36. The fourth-order valence-electron chi connectivity index (χ4n) is 2.99. The van der Waals surface area contributed by atoms with Crippen LogP contribution < -0.4 is 10.2 Å². The predicted octanol–water partition coefficient (Wildman–Crippen LogP) is 6.04. The van der Waals surface area contributed by atoms with Crippen molar-refractivity contribution in [1.29, 1.82) is 0 Å². The maximum atomic E-state index is 12.5. The van der Waals surface area contributed by atoms with E-state index in [1.165, 1.54) is 6.21 Å². The minimum atomic E-state index is -0.464. The molecule has 0 aliphatic rings. The Morgan fingerprint density at radius 3 is 2.34 bits per heavy atom. The maximum Gasteiger partial charge on any atom is 0.343 e. The van der Waals surface area contributed by atoms with Gasteiger partial charge in [-0.2, -0.15) is 5.10 Å². The summed E-state index contributed by atoms with van der Waals surface area (Å²) in [5.74, 6) is -0.448. The smallest absolute Gasteiger partial charge is 0.343 e. The monoisotopic (exact) mass is 492 g/mol. The van der Waals surface area contributed by atoms with E-state index in [1.54, 1.807) is 48.5 Å². The molecule has 0 unspecified atom stereocenters. The number of ether oxygens (including phenoxy) is 1. The van der Waals surface area contributed by atoms with Crippen molar-refractivity contribution in [2.45, 2.75) is 33.1 Å². The number of amides is 1. The van der Waals surface area contributed by atoms with E-state index in [9.17, 15) is 9.59 Å². The summed E-state index contributed by atoms with van der Waals surface area (Å²) in [5, 5.41) is 4.05. The molecule has 0 aliphatic carbocycles. The van der Waals surface area contributed by atoms with Gasteiger partial charge in [0, 0.05) is 15.6 Å². The molecule has 0 heterocycles. The molecule has 0 aliphatic heterocycles. The van der Waals surface area contributed by atoms with E-state index >= 15 is 0 Å². The highest BCUT2D eigenvalue weighted by Crippen LogP contribution is 2.24. The van der Waals surface area contributed by atoms with Crippen LogP contribution in [0, 0.1) is 6.92 Å². The molecule has 1 N–H and O–H groups in total. The number of nitrogens with one attached hydrogen (secondary N) is 1. The van der Waals surface area contributed by atoms with Crippen molar-refractivity contribution >= 4 is 34.0 Å². The fourth-order valence-corrected chi connectivity index (χ4v) is 3.37. The number of benzene rings is 3. The van der Waals surface area contributed by atoms with Crippen LogP contribution in [-0.4, -0.2) is 18.1 Å². The van der Waals surface area contributed by atoms with Crippen molar-refractivity contribution in [1.82, 2.24) is 5.43 Å². The topological polar surface area (TPSA) is 67.8 Å². The second-order valence-electron chi connectivity index (χ2n) is 8.47. The molecule has 0 saturated carbocycles. The highest BCUT2D eigenvalue weighted by atomic mass is 79.9. The van der Waals surface area contributed by atoms with Crippen molar-refractivity contribution in [2.24, 2.45) is 5.10 Å². The molecule has 6 heteroatoms. The van der Waals surface area contributed by atoms with E-state index in [2.05, 4.69) is 47.2 Å². The number of nitrogens with zero attached hydrogens (tertiary/aromatic N) is 1. The van der Waals surface area contributed by atoms with Crippen molar-refractivity contribution in [3.8, 4) is 5.75 Å². The molecule has 0 radical (unpaired) electrons. The molecular weight excluding hydrogens is 468 g/mol. The zero-order chi connectivity index (χ0) is 23.3. The quantitative estimate of drug-likeness (QED) is 0.204. The van der Waals surface area contributed by atoms with Crippen LogP contribution >= 0.6 is 15.9 Å². The van der Waals surface area contributed by atoms with Gasteiger partial charge in [0.2, 0.25) is 0 Å². The summed E-state index contributed by atoms with van der Waals surface area (Å²) >= 11 is 3.41. The first-order valence-corrected chi connectivity index (χ1v) is 10.9. The van der Waals surface area contributed by atoms with Gasteiger partial charge >= 0.3 is 5.97 Å². The molecule has 0 bridgehead atoms. The van der Waals surface area contributed by atoms with Gasteiger partial charge in [0.05, 0.1) is 11.8 Å². The van der Waals surface area contributed by atoms with Crippen LogP contribution in [0.1, 0.15) is 58.2 Å². The zero-order valence-corrected chi connectivity index (χ0v) is 20.1. The van der Waals surface area contributed by atoms with Gasteiger partial charge in [-0.1, -0.05) is 66.5 Å². The molecule has 3 rings (SSSR count). The van der Waals surface area contributed by atoms with Gasteiger partial charge in [-0.15, -0.1) is 0 Å². The third kappa shape index (κ3) is 6.14. The number of hydrogen-bond acceptors (Lipinski definition) is 4. The van der Waals surface area contributed by atoms with Gasteiger partial charge in [-0.25, -0.2) is 10.2 Å². The number of hydrazone groups is 1. The number of rotatable bonds is 5. The average Bonchev–Trinajstić information content (AvgIpc) is 2.75. The van der Waals surface area contributed by atoms with Crippen molar-refractivity contribution in [3.63, 3.8) is 0 Å². The third-order valence-corrected chi connectivity index (χ3v) is 5.30. The van der Waals surface area contributed by atoms with E-state index < -0.39 is 5.97 Å². The van der Waals surface area contributed by atoms with Gasteiger partial charge in [0.1, 0.15) is 5.75 Å². The Bertz CT molecular complexity index is 1160. The van der Waals surface area contributed by atoms with Crippen LogP contribution in [0.15, 0.2) is 76.3 Å². The molecule has 3 aromatic rings. The Hall–Kier alpha value is -3.25. The number of carbonyl (C=O) groups excluding carboxylic acids is 2. The molecule has 0 spiro atoms. The number of aryl methyl sites for hydroxylation is 1. The number of halogens is 1. The number of carbonyl (C=O) groups is 2. The molecule has 3 aromatic carbocycles. The Morgan fingerprint density at radius 2 is 1.69 bits per heavy atom. The van der Waals surface area contributed by atoms with Crippen LogP contribution in [0.3, 0.4) is 0 Å². The lowest BCUT2D eigenvalue weighted by Gasteiger charge is -2.18. The molecule has 32 heavy (non-hydrogen) atoms. The lowest BCUT2D eigenvalue weighted by molar-refractivity contribution is 0.0734. The average molecular weight is 493 g/mol.